The molecule has 1 amide bonds. The third-order valence-corrected chi connectivity index (χ3v) is 5.77. The Hall–Kier alpha value is -3.08. The molecule has 0 aliphatic rings. The lowest BCUT2D eigenvalue weighted by Crippen LogP contribution is -2.53. The Morgan fingerprint density at radius 3 is 2.35 bits per heavy atom. The van der Waals surface area contributed by atoms with Crippen LogP contribution in [0.25, 0.3) is 0 Å². The molecule has 0 saturated carbocycles. The van der Waals surface area contributed by atoms with Crippen LogP contribution in [0, 0.1) is 0 Å². The van der Waals surface area contributed by atoms with Gasteiger partial charge in [-0.1, -0.05) is 11.6 Å². The maximum absolute atomic E-state index is 12.8. The summed E-state index contributed by atoms with van der Waals surface area (Å²) in [7, 11) is 0. The number of carbonyl (C=O) groups is 2. The normalized spacial score (nSPS) is 12.9. The minimum atomic E-state index is -2.96. The monoisotopic (exact) mass is 466 g/mol. The molecule has 2 aromatic carbocycles. The first-order valence-corrected chi connectivity index (χ1v) is 10.0. The molecular weight excluding hydrogens is 450 g/mol. The molecule has 5 N–H and O–H groups in total. The summed E-state index contributed by atoms with van der Waals surface area (Å²) in [4.78, 5) is 29.6. The van der Waals surface area contributed by atoms with E-state index in [2.05, 4.69) is 15.0 Å². The number of ketones is 1. The van der Waals surface area contributed by atoms with E-state index in [0.717, 1.165) is 11.3 Å². The Labute approximate surface area is 185 Å². The Balaban J connectivity index is 1.88. The molecule has 0 fully saturated rings. The van der Waals surface area contributed by atoms with E-state index in [-0.39, 0.29) is 27.7 Å². The smallest absolute Gasteiger partial charge is 0.387 e. The quantitative estimate of drug-likeness (QED) is 0.416. The molecule has 3 rings (SSSR count). The fourth-order valence-electron chi connectivity index (χ4n) is 2.75. The molecule has 0 radical (unpaired) electrons. The van der Waals surface area contributed by atoms with Crippen LogP contribution in [-0.4, -0.2) is 29.8 Å². The molecule has 1 atom stereocenters. The summed E-state index contributed by atoms with van der Waals surface area (Å²) in [6.07, 6.45) is 1.31. The summed E-state index contributed by atoms with van der Waals surface area (Å²) in [6, 6.07) is 11.8. The van der Waals surface area contributed by atoms with Crippen molar-refractivity contribution >= 4 is 40.3 Å². The van der Waals surface area contributed by atoms with Gasteiger partial charge in [-0.15, -0.1) is 11.3 Å². The predicted octanol–water partition coefficient (Wildman–Crippen LogP) is 3.38. The van der Waals surface area contributed by atoms with Gasteiger partial charge in [0.1, 0.15) is 10.8 Å². The SMILES string of the molecule is NCC(Nc1ccc(Cl)cc1)(C(N)=O)c1ncc(C(=O)c2ccc(OC(F)F)cc2)s1. The van der Waals surface area contributed by atoms with E-state index >= 15 is 0 Å². The highest BCUT2D eigenvalue weighted by atomic mass is 35.5. The minimum Gasteiger partial charge on any atom is -0.435 e. The minimum absolute atomic E-state index is 0.0698. The largest absolute Gasteiger partial charge is 0.435 e. The molecule has 3 aromatic rings. The van der Waals surface area contributed by atoms with Crippen LogP contribution in [0.3, 0.4) is 0 Å². The van der Waals surface area contributed by atoms with E-state index in [9.17, 15) is 18.4 Å². The summed E-state index contributed by atoms with van der Waals surface area (Å²) >= 11 is 6.84. The van der Waals surface area contributed by atoms with E-state index < -0.39 is 23.8 Å². The number of nitrogens with two attached hydrogens (primary N) is 2. The van der Waals surface area contributed by atoms with Gasteiger partial charge in [-0.25, -0.2) is 4.98 Å². The molecule has 11 heteroatoms. The van der Waals surface area contributed by atoms with Gasteiger partial charge in [0.25, 0.3) is 5.91 Å². The molecule has 0 aliphatic carbocycles. The van der Waals surface area contributed by atoms with Crippen LogP contribution in [0.2, 0.25) is 5.02 Å². The lowest BCUT2D eigenvalue weighted by atomic mass is 9.99. The summed E-state index contributed by atoms with van der Waals surface area (Å²) in [5.74, 6) is -1.25. The lowest BCUT2D eigenvalue weighted by molar-refractivity contribution is -0.122. The van der Waals surface area contributed by atoms with Crippen LogP contribution in [0.5, 0.6) is 5.75 Å². The zero-order valence-corrected chi connectivity index (χ0v) is 17.4. The van der Waals surface area contributed by atoms with Crippen LogP contribution in [0.4, 0.5) is 14.5 Å². The summed E-state index contributed by atoms with van der Waals surface area (Å²) in [6.45, 7) is -3.18. The first-order valence-electron chi connectivity index (χ1n) is 8.85. The maximum atomic E-state index is 12.8. The van der Waals surface area contributed by atoms with E-state index in [1.54, 1.807) is 24.3 Å². The number of ether oxygens (including phenoxy) is 1. The molecule has 1 aromatic heterocycles. The second-order valence-corrected chi connectivity index (χ2v) is 7.83. The van der Waals surface area contributed by atoms with Gasteiger partial charge in [0, 0.05) is 29.0 Å². The second-order valence-electron chi connectivity index (χ2n) is 6.37. The van der Waals surface area contributed by atoms with Crippen molar-refractivity contribution in [1.29, 1.82) is 0 Å². The Bertz CT molecular complexity index is 1080. The fourth-order valence-corrected chi connectivity index (χ4v) is 3.91. The number of nitrogens with zero attached hydrogens (tertiary/aromatic N) is 1. The number of hydrogen-bond acceptors (Lipinski definition) is 7. The van der Waals surface area contributed by atoms with E-state index in [1.807, 2.05) is 0 Å². The summed E-state index contributed by atoms with van der Waals surface area (Å²) < 4.78 is 28.8. The third kappa shape index (κ3) is 4.98. The molecular formula is C20H17ClF2N4O3S. The van der Waals surface area contributed by atoms with Crippen molar-refractivity contribution in [2.75, 3.05) is 11.9 Å². The van der Waals surface area contributed by atoms with Crippen molar-refractivity contribution in [1.82, 2.24) is 4.98 Å². The van der Waals surface area contributed by atoms with Crippen LogP contribution >= 0.6 is 22.9 Å². The number of carbonyl (C=O) groups excluding carboxylic acids is 2. The van der Waals surface area contributed by atoms with Gasteiger partial charge in [0.15, 0.2) is 5.54 Å². The maximum Gasteiger partial charge on any atom is 0.387 e. The number of thiazole rings is 1. The molecule has 0 spiro atoms. The van der Waals surface area contributed by atoms with Crippen molar-refractivity contribution in [3.63, 3.8) is 0 Å². The topological polar surface area (TPSA) is 120 Å². The number of benzene rings is 2. The third-order valence-electron chi connectivity index (χ3n) is 4.37. The Morgan fingerprint density at radius 1 is 1.16 bits per heavy atom. The van der Waals surface area contributed by atoms with Gasteiger partial charge in [-0.3, -0.25) is 9.59 Å². The van der Waals surface area contributed by atoms with Gasteiger partial charge in [0.05, 0.1) is 4.88 Å². The van der Waals surface area contributed by atoms with Gasteiger partial charge in [-0.2, -0.15) is 8.78 Å². The molecule has 0 bridgehead atoms. The van der Waals surface area contributed by atoms with Crippen molar-refractivity contribution in [3.8, 4) is 5.75 Å². The zero-order chi connectivity index (χ0) is 22.6. The van der Waals surface area contributed by atoms with Gasteiger partial charge in [0.2, 0.25) is 5.78 Å². The van der Waals surface area contributed by atoms with Gasteiger partial charge >= 0.3 is 6.61 Å². The van der Waals surface area contributed by atoms with E-state index in [1.165, 1.54) is 30.5 Å². The number of amides is 1. The van der Waals surface area contributed by atoms with Crippen molar-refractivity contribution in [3.05, 3.63) is 75.2 Å². The predicted molar refractivity (Wildman–Crippen MR) is 114 cm³/mol. The Morgan fingerprint density at radius 2 is 1.81 bits per heavy atom. The highest BCUT2D eigenvalue weighted by Crippen LogP contribution is 2.31. The zero-order valence-electron chi connectivity index (χ0n) is 15.8. The molecule has 0 aliphatic heterocycles. The molecule has 31 heavy (non-hydrogen) atoms. The summed E-state index contributed by atoms with van der Waals surface area (Å²) in [5, 5.41) is 3.71. The molecule has 1 heterocycles. The second kappa shape index (κ2) is 9.38. The number of halogens is 3. The summed E-state index contributed by atoms with van der Waals surface area (Å²) in [5.41, 5.74) is 10.8. The fraction of sp³-hybridized carbons (Fsp3) is 0.150. The van der Waals surface area contributed by atoms with E-state index in [0.29, 0.717) is 10.7 Å². The highest BCUT2D eigenvalue weighted by molar-refractivity contribution is 7.14. The van der Waals surface area contributed by atoms with Gasteiger partial charge < -0.3 is 21.5 Å². The van der Waals surface area contributed by atoms with Crippen LogP contribution < -0.4 is 21.5 Å². The highest BCUT2D eigenvalue weighted by Gasteiger charge is 2.41. The Kier molecular flexibility index (Phi) is 6.84. The first-order chi connectivity index (χ1) is 14.7. The number of nitrogens with one attached hydrogen (secondary N) is 1. The molecule has 0 saturated heterocycles. The molecule has 7 nitrogen and oxygen atoms in total. The number of alkyl halides is 2. The molecule has 162 valence electrons. The number of primary amides is 1. The number of anilines is 1. The standard InChI is InChI=1S/C20H17ClF2N4O3S/c21-12-3-5-13(6-4-12)27-20(10-24,17(25)29)18-26-9-15(31-18)16(28)11-1-7-14(8-2-11)30-19(22)23/h1-9,19,27H,10,24H2,(H2,25,29). The lowest BCUT2D eigenvalue weighted by Gasteiger charge is -2.29. The first kappa shape index (κ1) is 22.6. The van der Waals surface area contributed by atoms with E-state index in [4.69, 9.17) is 23.1 Å². The van der Waals surface area contributed by atoms with Gasteiger partial charge in [-0.05, 0) is 48.5 Å². The number of hydrogen-bond donors (Lipinski definition) is 3. The van der Waals surface area contributed by atoms with Crippen LogP contribution in [-0.2, 0) is 10.3 Å². The van der Waals surface area contributed by atoms with Crippen molar-refractivity contribution < 1.29 is 23.1 Å². The van der Waals surface area contributed by atoms with Crippen molar-refractivity contribution in [2.45, 2.75) is 12.2 Å². The average molecular weight is 467 g/mol. The molecule has 1 unspecified atom stereocenters. The number of aromatic nitrogens is 1. The van der Waals surface area contributed by atoms with Crippen molar-refractivity contribution in [2.24, 2.45) is 11.5 Å². The number of rotatable bonds is 9. The average Bonchev–Trinajstić information content (AvgIpc) is 3.23. The van der Waals surface area contributed by atoms with Crippen LogP contribution in [0.1, 0.15) is 20.2 Å². The van der Waals surface area contributed by atoms with Crippen LogP contribution in [0.15, 0.2) is 54.7 Å².